The first-order chi connectivity index (χ1) is 12.5. The Morgan fingerprint density at radius 3 is 2.46 bits per heavy atom. The van der Waals surface area contributed by atoms with Gasteiger partial charge in [-0.15, -0.1) is 0 Å². The number of hydrogen-bond acceptors (Lipinski definition) is 5. The molecule has 4 N–H and O–H groups in total. The van der Waals surface area contributed by atoms with Gasteiger partial charge in [0.15, 0.2) is 0 Å². The molecule has 0 aliphatic carbocycles. The molecule has 0 saturated heterocycles. The van der Waals surface area contributed by atoms with E-state index in [9.17, 15) is 9.59 Å². The molecule has 7 heteroatoms. The standard InChI is InChI=1S/C19H23N3O4/c1-25-12-18(23)22-16-9-8-14(11-17(16)26-2)21-19(24)15(20)10-13-6-4-3-5-7-13/h3-9,11,15H,10,12,20H2,1-2H3,(H,21,24)(H,22,23). The van der Waals surface area contributed by atoms with Crippen molar-refractivity contribution in [1.82, 2.24) is 0 Å². The minimum Gasteiger partial charge on any atom is -0.494 e. The summed E-state index contributed by atoms with van der Waals surface area (Å²) in [5, 5.41) is 5.43. The van der Waals surface area contributed by atoms with Gasteiger partial charge in [0.2, 0.25) is 11.8 Å². The molecule has 0 bridgehead atoms. The Hall–Kier alpha value is -2.90. The van der Waals surface area contributed by atoms with Gasteiger partial charge >= 0.3 is 0 Å². The first-order valence-electron chi connectivity index (χ1n) is 8.10. The Balaban J connectivity index is 2.02. The van der Waals surface area contributed by atoms with Crippen LogP contribution in [0.1, 0.15) is 5.56 Å². The zero-order valence-corrected chi connectivity index (χ0v) is 14.8. The summed E-state index contributed by atoms with van der Waals surface area (Å²) in [5.74, 6) is -0.177. The lowest BCUT2D eigenvalue weighted by Gasteiger charge is -2.15. The van der Waals surface area contributed by atoms with Crippen LogP contribution in [0.3, 0.4) is 0 Å². The van der Waals surface area contributed by atoms with E-state index in [4.69, 9.17) is 15.2 Å². The summed E-state index contributed by atoms with van der Waals surface area (Å²) in [7, 11) is 2.92. The maximum Gasteiger partial charge on any atom is 0.250 e. The number of nitrogens with one attached hydrogen (secondary N) is 2. The van der Waals surface area contributed by atoms with Crippen LogP contribution in [0.5, 0.6) is 5.75 Å². The summed E-state index contributed by atoms with van der Waals surface area (Å²) in [5.41, 5.74) is 7.99. The molecule has 1 unspecified atom stereocenters. The molecule has 0 aliphatic rings. The Bertz CT molecular complexity index is 750. The molecule has 7 nitrogen and oxygen atoms in total. The maximum absolute atomic E-state index is 12.3. The fourth-order valence-corrected chi connectivity index (χ4v) is 2.39. The van der Waals surface area contributed by atoms with Gasteiger partial charge in [0.1, 0.15) is 12.4 Å². The van der Waals surface area contributed by atoms with Gasteiger partial charge < -0.3 is 25.8 Å². The Morgan fingerprint density at radius 1 is 1.08 bits per heavy atom. The van der Waals surface area contributed by atoms with E-state index >= 15 is 0 Å². The summed E-state index contributed by atoms with van der Waals surface area (Å²) in [6.07, 6.45) is 0.439. The quantitative estimate of drug-likeness (QED) is 0.668. The molecular formula is C19H23N3O4. The molecule has 0 fully saturated rings. The summed E-state index contributed by atoms with van der Waals surface area (Å²) >= 11 is 0. The van der Waals surface area contributed by atoms with Gasteiger partial charge in [-0.3, -0.25) is 9.59 Å². The molecule has 0 aliphatic heterocycles. The van der Waals surface area contributed by atoms with Crippen molar-refractivity contribution in [2.45, 2.75) is 12.5 Å². The average molecular weight is 357 g/mol. The highest BCUT2D eigenvalue weighted by Crippen LogP contribution is 2.28. The lowest BCUT2D eigenvalue weighted by atomic mass is 10.1. The predicted molar refractivity (Wildman–Crippen MR) is 100 cm³/mol. The molecule has 0 radical (unpaired) electrons. The van der Waals surface area contributed by atoms with E-state index < -0.39 is 6.04 Å². The molecule has 0 saturated carbocycles. The number of nitrogens with two attached hydrogens (primary N) is 1. The SMILES string of the molecule is COCC(=O)Nc1ccc(NC(=O)C(N)Cc2ccccc2)cc1OC. The minimum atomic E-state index is -0.676. The molecule has 26 heavy (non-hydrogen) atoms. The second kappa shape index (κ2) is 9.55. The lowest BCUT2D eigenvalue weighted by molar-refractivity contribution is -0.119. The normalized spacial score (nSPS) is 11.5. The third kappa shape index (κ3) is 5.58. The van der Waals surface area contributed by atoms with Crippen molar-refractivity contribution in [3.63, 3.8) is 0 Å². The van der Waals surface area contributed by atoms with Crippen LogP contribution in [0.25, 0.3) is 0 Å². The van der Waals surface area contributed by atoms with E-state index in [1.54, 1.807) is 18.2 Å². The van der Waals surface area contributed by atoms with Crippen molar-refractivity contribution >= 4 is 23.2 Å². The third-order valence-corrected chi connectivity index (χ3v) is 3.65. The van der Waals surface area contributed by atoms with E-state index in [-0.39, 0.29) is 18.4 Å². The number of amides is 2. The summed E-state index contributed by atoms with van der Waals surface area (Å²) in [4.78, 5) is 23.9. The average Bonchev–Trinajstić information content (AvgIpc) is 2.63. The van der Waals surface area contributed by atoms with E-state index in [0.29, 0.717) is 23.5 Å². The predicted octanol–water partition coefficient (Wildman–Crippen LogP) is 1.79. The van der Waals surface area contributed by atoms with Crippen LogP contribution in [0, 0.1) is 0 Å². The van der Waals surface area contributed by atoms with Crippen LogP contribution in [-0.2, 0) is 20.7 Å². The lowest BCUT2D eigenvalue weighted by Crippen LogP contribution is -2.37. The van der Waals surface area contributed by atoms with Gasteiger partial charge in [0.05, 0.1) is 18.8 Å². The topological polar surface area (TPSA) is 103 Å². The maximum atomic E-state index is 12.3. The third-order valence-electron chi connectivity index (χ3n) is 3.65. The highest BCUT2D eigenvalue weighted by atomic mass is 16.5. The highest BCUT2D eigenvalue weighted by Gasteiger charge is 2.15. The smallest absolute Gasteiger partial charge is 0.250 e. The molecule has 1 atom stereocenters. The zero-order chi connectivity index (χ0) is 18.9. The number of methoxy groups -OCH3 is 2. The number of hydrogen-bond donors (Lipinski definition) is 3. The molecule has 0 aromatic heterocycles. The molecule has 2 aromatic carbocycles. The number of anilines is 2. The summed E-state index contributed by atoms with van der Waals surface area (Å²) in [6, 6.07) is 13.8. The van der Waals surface area contributed by atoms with Gasteiger partial charge in [-0.25, -0.2) is 0 Å². The van der Waals surface area contributed by atoms with Crippen molar-refractivity contribution in [2.75, 3.05) is 31.5 Å². The van der Waals surface area contributed by atoms with E-state index in [0.717, 1.165) is 5.56 Å². The minimum absolute atomic E-state index is 0.0595. The zero-order valence-electron chi connectivity index (χ0n) is 14.8. The van der Waals surface area contributed by atoms with Crippen molar-refractivity contribution in [3.05, 3.63) is 54.1 Å². The van der Waals surface area contributed by atoms with Crippen LogP contribution in [-0.4, -0.2) is 38.7 Å². The monoisotopic (exact) mass is 357 g/mol. The van der Waals surface area contributed by atoms with Gasteiger partial charge in [-0.1, -0.05) is 30.3 Å². The number of carbonyl (C=O) groups excluding carboxylic acids is 2. The van der Waals surface area contributed by atoms with Crippen LogP contribution in [0.15, 0.2) is 48.5 Å². The Morgan fingerprint density at radius 2 is 1.81 bits per heavy atom. The molecule has 0 spiro atoms. The molecule has 2 rings (SSSR count). The molecule has 138 valence electrons. The Kier molecular flexibility index (Phi) is 7.13. The number of rotatable bonds is 8. The van der Waals surface area contributed by atoms with Gasteiger partial charge in [-0.2, -0.15) is 0 Å². The van der Waals surface area contributed by atoms with Crippen LogP contribution >= 0.6 is 0 Å². The van der Waals surface area contributed by atoms with Crippen molar-refractivity contribution in [2.24, 2.45) is 5.73 Å². The van der Waals surface area contributed by atoms with Gasteiger partial charge in [0, 0.05) is 18.9 Å². The van der Waals surface area contributed by atoms with E-state index in [1.807, 2.05) is 30.3 Å². The van der Waals surface area contributed by atoms with Crippen LogP contribution in [0.2, 0.25) is 0 Å². The van der Waals surface area contributed by atoms with Gasteiger partial charge in [0.25, 0.3) is 0 Å². The Labute approximate surface area is 152 Å². The number of ether oxygens (including phenoxy) is 2. The van der Waals surface area contributed by atoms with Crippen LogP contribution in [0.4, 0.5) is 11.4 Å². The van der Waals surface area contributed by atoms with E-state index in [2.05, 4.69) is 10.6 Å². The highest BCUT2D eigenvalue weighted by molar-refractivity contribution is 5.97. The van der Waals surface area contributed by atoms with Crippen LogP contribution < -0.4 is 21.1 Å². The first-order valence-corrected chi connectivity index (χ1v) is 8.10. The molecule has 2 amide bonds. The second-order valence-electron chi connectivity index (χ2n) is 5.68. The van der Waals surface area contributed by atoms with Crippen molar-refractivity contribution < 1.29 is 19.1 Å². The molecular weight excluding hydrogens is 334 g/mol. The molecule has 0 heterocycles. The van der Waals surface area contributed by atoms with Crippen molar-refractivity contribution in [1.29, 1.82) is 0 Å². The van der Waals surface area contributed by atoms with E-state index in [1.165, 1.54) is 14.2 Å². The largest absolute Gasteiger partial charge is 0.494 e. The van der Waals surface area contributed by atoms with Crippen molar-refractivity contribution in [3.8, 4) is 5.75 Å². The van der Waals surface area contributed by atoms with Gasteiger partial charge in [-0.05, 0) is 24.1 Å². The fraction of sp³-hybridized carbons (Fsp3) is 0.263. The fourth-order valence-electron chi connectivity index (χ4n) is 2.39. The number of benzene rings is 2. The molecule has 2 aromatic rings. The number of carbonyl (C=O) groups is 2. The second-order valence-corrected chi connectivity index (χ2v) is 5.68. The summed E-state index contributed by atoms with van der Waals surface area (Å²) < 4.78 is 10.0. The first kappa shape index (κ1) is 19.4. The summed E-state index contributed by atoms with van der Waals surface area (Å²) in [6.45, 7) is -0.0595.